The van der Waals surface area contributed by atoms with Crippen LogP contribution in [0.15, 0.2) is 59.5 Å². The molecule has 146 valence electrons. The molecule has 2 aromatic carbocycles. The first-order valence-corrected chi connectivity index (χ1v) is 10.9. The van der Waals surface area contributed by atoms with Crippen molar-refractivity contribution in [2.24, 2.45) is 0 Å². The highest BCUT2D eigenvalue weighted by atomic mass is 32.2. The summed E-state index contributed by atoms with van der Waals surface area (Å²) in [6.45, 7) is 0. The Labute approximate surface area is 157 Å². The van der Waals surface area contributed by atoms with E-state index >= 15 is 0 Å². The van der Waals surface area contributed by atoms with Gasteiger partial charge in [-0.15, -0.1) is 0 Å². The Morgan fingerprint density at radius 2 is 1.52 bits per heavy atom. The number of sulfonamides is 1. The zero-order valence-electron chi connectivity index (χ0n) is 14.1. The lowest BCUT2D eigenvalue weighted by atomic mass is 10.1. The lowest BCUT2D eigenvalue weighted by Gasteiger charge is -2.14. The van der Waals surface area contributed by atoms with Gasteiger partial charge in [0.2, 0.25) is 0 Å². The van der Waals surface area contributed by atoms with Crippen LogP contribution in [0, 0.1) is 10.1 Å². The molecule has 0 radical (unpaired) electrons. The van der Waals surface area contributed by atoms with Crippen LogP contribution in [0.3, 0.4) is 0 Å². The van der Waals surface area contributed by atoms with E-state index in [1.54, 1.807) is 6.07 Å². The molecule has 0 saturated carbocycles. The topological polar surface area (TPSA) is 135 Å². The Morgan fingerprint density at radius 1 is 0.926 bits per heavy atom. The SMILES string of the molecule is O=[N+]([O-])N(c1ccccc1)S(=O)(=O)CCCCc1ccc(S(=O)(=O)O)cc1. The van der Waals surface area contributed by atoms with Gasteiger partial charge >= 0.3 is 0 Å². The first-order valence-electron chi connectivity index (χ1n) is 7.90. The van der Waals surface area contributed by atoms with Crippen LogP contribution in [0.1, 0.15) is 18.4 Å². The maximum atomic E-state index is 12.3. The summed E-state index contributed by atoms with van der Waals surface area (Å²) in [6, 6.07) is 12.9. The highest BCUT2D eigenvalue weighted by molar-refractivity contribution is 7.92. The maximum Gasteiger partial charge on any atom is 0.294 e. The van der Waals surface area contributed by atoms with Gasteiger partial charge in [0.25, 0.3) is 20.1 Å². The molecule has 0 bridgehead atoms. The van der Waals surface area contributed by atoms with Crippen LogP contribution in [-0.4, -0.2) is 32.2 Å². The maximum absolute atomic E-state index is 12.3. The summed E-state index contributed by atoms with van der Waals surface area (Å²) < 4.78 is 55.7. The van der Waals surface area contributed by atoms with E-state index in [0.717, 1.165) is 5.56 Å². The van der Waals surface area contributed by atoms with Gasteiger partial charge in [0.1, 0.15) is 5.69 Å². The Morgan fingerprint density at radius 3 is 2.04 bits per heavy atom. The van der Waals surface area contributed by atoms with Gasteiger partial charge in [-0.1, -0.05) is 30.3 Å². The largest absolute Gasteiger partial charge is 0.294 e. The van der Waals surface area contributed by atoms with Crippen molar-refractivity contribution in [1.29, 1.82) is 0 Å². The van der Waals surface area contributed by atoms with E-state index in [1.807, 2.05) is 0 Å². The van der Waals surface area contributed by atoms with Gasteiger partial charge in [-0.2, -0.15) is 8.42 Å². The van der Waals surface area contributed by atoms with E-state index in [1.165, 1.54) is 48.5 Å². The van der Waals surface area contributed by atoms with Crippen LogP contribution in [0.4, 0.5) is 5.69 Å². The normalized spacial score (nSPS) is 11.9. The number of nitro groups is 1. The first kappa shape index (κ1) is 20.8. The summed E-state index contributed by atoms with van der Waals surface area (Å²) in [4.78, 5) is 11.0. The molecule has 0 saturated heterocycles. The van der Waals surface area contributed by atoms with E-state index < -0.39 is 30.9 Å². The Kier molecular flexibility index (Phi) is 6.52. The molecule has 27 heavy (non-hydrogen) atoms. The monoisotopic (exact) mass is 414 g/mol. The fourth-order valence-electron chi connectivity index (χ4n) is 2.44. The highest BCUT2D eigenvalue weighted by Gasteiger charge is 2.32. The number of hydrogen-bond acceptors (Lipinski definition) is 6. The summed E-state index contributed by atoms with van der Waals surface area (Å²) in [7, 11) is -8.39. The number of nitrogens with zero attached hydrogens (tertiary/aromatic N) is 2. The molecule has 0 aliphatic heterocycles. The molecule has 0 heterocycles. The molecule has 0 aliphatic carbocycles. The molecule has 1 N–H and O–H groups in total. The van der Waals surface area contributed by atoms with Crippen LogP contribution in [0.25, 0.3) is 0 Å². The number of unbranched alkanes of at least 4 members (excludes halogenated alkanes) is 1. The number of aryl methyl sites for hydroxylation is 1. The van der Waals surface area contributed by atoms with Crippen LogP contribution >= 0.6 is 0 Å². The highest BCUT2D eigenvalue weighted by Crippen LogP contribution is 2.19. The minimum atomic E-state index is -4.26. The van der Waals surface area contributed by atoms with Crippen LogP contribution in [-0.2, 0) is 26.6 Å². The van der Waals surface area contributed by atoms with E-state index in [4.69, 9.17) is 4.55 Å². The molecule has 9 nitrogen and oxygen atoms in total. The molecule has 0 unspecified atom stereocenters. The van der Waals surface area contributed by atoms with E-state index in [0.29, 0.717) is 12.8 Å². The molecule has 2 rings (SSSR count). The van der Waals surface area contributed by atoms with Crippen LogP contribution < -0.4 is 4.41 Å². The van der Waals surface area contributed by atoms with Crippen molar-refractivity contribution >= 4 is 25.8 Å². The minimum Gasteiger partial charge on any atom is -0.282 e. The average molecular weight is 414 g/mol. The third-order valence-corrected chi connectivity index (χ3v) is 6.27. The summed E-state index contributed by atoms with van der Waals surface area (Å²) in [5, 5.41) is 10.2. The zero-order valence-corrected chi connectivity index (χ0v) is 15.8. The van der Waals surface area contributed by atoms with E-state index in [9.17, 15) is 26.9 Å². The fraction of sp³-hybridized carbons (Fsp3) is 0.250. The van der Waals surface area contributed by atoms with Gasteiger partial charge < -0.3 is 0 Å². The Balaban J connectivity index is 1.96. The van der Waals surface area contributed by atoms with Gasteiger partial charge in [0.15, 0.2) is 5.03 Å². The summed E-state index contributed by atoms with van der Waals surface area (Å²) in [5.41, 5.74) is 0.720. The minimum absolute atomic E-state index is 0.0386. The molecule has 11 heteroatoms. The van der Waals surface area contributed by atoms with E-state index in [2.05, 4.69) is 0 Å². The predicted octanol–water partition coefficient (Wildman–Crippen LogP) is 2.28. The van der Waals surface area contributed by atoms with Gasteiger partial charge in [0, 0.05) is 4.41 Å². The molecule has 2 aromatic rings. The van der Waals surface area contributed by atoms with E-state index in [-0.39, 0.29) is 21.4 Å². The number of hydrogen-bond donors (Lipinski definition) is 1. The van der Waals surface area contributed by atoms with Gasteiger partial charge in [-0.3, -0.25) is 4.55 Å². The number of benzene rings is 2. The molecular weight excluding hydrogens is 396 g/mol. The third-order valence-electron chi connectivity index (χ3n) is 3.73. The molecule has 0 aliphatic rings. The second-order valence-corrected chi connectivity index (χ2v) is 9.05. The van der Waals surface area contributed by atoms with Gasteiger partial charge in [-0.25, -0.2) is 18.5 Å². The predicted molar refractivity (Wildman–Crippen MR) is 98.9 cm³/mol. The molecule has 0 amide bonds. The van der Waals surface area contributed by atoms with Crippen molar-refractivity contribution in [3.8, 4) is 0 Å². The van der Waals surface area contributed by atoms with Crippen molar-refractivity contribution < 1.29 is 26.4 Å². The average Bonchev–Trinajstić information content (AvgIpc) is 2.59. The summed E-state index contributed by atoms with van der Waals surface area (Å²) in [6.07, 6.45) is 1.09. The van der Waals surface area contributed by atoms with Crippen LogP contribution in [0.5, 0.6) is 0 Å². The molecule has 0 spiro atoms. The fourth-order valence-corrected chi connectivity index (χ4v) is 4.31. The number of rotatable bonds is 9. The van der Waals surface area contributed by atoms with Gasteiger partial charge in [0.05, 0.1) is 10.6 Å². The van der Waals surface area contributed by atoms with Crippen molar-refractivity contribution in [2.45, 2.75) is 24.2 Å². The Bertz CT molecular complexity index is 989. The summed E-state index contributed by atoms with van der Waals surface area (Å²) in [5.74, 6) is -0.397. The van der Waals surface area contributed by atoms with Crippen molar-refractivity contribution in [3.05, 3.63) is 70.3 Å². The van der Waals surface area contributed by atoms with Crippen molar-refractivity contribution in [1.82, 2.24) is 0 Å². The number of para-hydroxylation sites is 1. The lowest BCUT2D eigenvalue weighted by Crippen LogP contribution is -2.38. The third kappa shape index (κ3) is 5.74. The molecule has 0 aromatic heterocycles. The van der Waals surface area contributed by atoms with Gasteiger partial charge in [-0.05, 0) is 49.1 Å². The zero-order chi connectivity index (χ0) is 20.1. The molecular formula is C16H18N2O7S2. The molecule has 0 atom stereocenters. The molecule has 0 fully saturated rings. The first-order chi connectivity index (χ1) is 12.6. The second kappa shape index (κ2) is 8.46. The van der Waals surface area contributed by atoms with Crippen molar-refractivity contribution in [3.63, 3.8) is 0 Å². The smallest absolute Gasteiger partial charge is 0.282 e. The van der Waals surface area contributed by atoms with Crippen molar-refractivity contribution in [2.75, 3.05) is 10.2 Å². The number of anilines is 1. The summed E-state index contributed by atoms with van der Waals surface area (Å²) >= 11 is 0. The second-order valence-electron chi connectivity index (χ2n) is 5.71. The standard InChI is InChI=1S/C16H18N2O7S2/c19-18(20)17(15-7-2-1-3-8-15)26(21,22)13-5-4-6-14-9-11-16(12-10-14)27(23,24)25/h1-3,7-12H,4-6,13H2,(H,23,24,25). The number of hydrazine groups is 1. The lowest BCUT2D eigenvalue weighted by molar-refractivity contribution is -0.474. The quantitative estimate of drug-likeness (QED) is 0.288. The van der Waals surface area contributed by atoms with Crippen LogP contribution in [0.2, 0.25) is 0 Å². The Hall–Kier alpha value is -2.50.